The first kappa shape index (κ1) is 29.3. The van der Waals surface area contributed by atoms with Crippen LogP contribution in [0.1, 0.15) is 38.7 Å². The van der Waals surface area contributed by atoms with Crippen molar-refractivity contribution in [1.82, 2.24) is 15.4 Å². The third-order valence-corrected chi connectivity index (χ3v) is 5.44. The molecule has 0 aliphatic carbocycles. The molecule has 10 nitrogen and oxygen atoms in total. The molecule has 0 aromatic heterocycles. The molecule has 5 N–H and O–H groups in total. The Labute approximate surface area is 201 Å². The summed E-state index contributed by atoms with van der Waals surface area (Å²) in [7, 11) is -5.56. The average Bonchev–Trinajstić information content (AvgIpc) is 2.75. The molecule has 1 aromatic rings. The first-order valence-corrected chi connectivity index (χ1v) is 12.9. The lowest BCUT2D eigenvalue weighted by molar-refractivity contribution is -0.123. The monoisotopic (exact) mass is 492 g/mol. The largest absolute Gasteiger partial charge is 0.475 e. The van der Waals surface area contributed by atoms with Crippen LogP contribution in [0.3, 0.4) is 0 Å². The SMILES string of the molecule is CC(C)C=C(C#N)C(=O)NCCCCC(NS(C)(=O)=O)C(=O)N[C@@H](Cc1ccccc1)B(O)O. The van der Waals surface area contributed by atoms with Gasteiger partial charge in [-0.05, 0) is 37.2 Å². The fourth-order valence-electron chi connectivity index (χ4n) is 3.15. The van der Waals surface area contributed by atoms with Crippen LogP contribution in [0, 0.1) is 17.2 Å². The number of rotatable bonds is 14. The van der Waals surface area contributed by atoms with Crippen LogP contribution in [0.2, 0.25) is 0 Å². The molecule has 0 bridgehead atoms. The minimum absolute atomic E-state index is 0.0259. The molecule has 0 radical (unpaired) electrons. The number of hydrogen-bond acceptors (Lipinski definition) is 7. The standard InChI is InChI=1S/C22H33BN4O6S/c1-16(2)13-18(15-24)21(28)25-12-8-7-11-19(27-34(3,32)33)22(29)26-20(23(30)31)14-17-9-5-4-6-10-17/h4-6,9-10,13,16,19-20,27,30-31H,7-8,11-12,14H2,1-3H3,(H,25,28)(H,26,29)/t19?,20-/m0/s1. The van der Waals surface area contributed by atoms with Gasteiger partial charge in [-0.25, -0.2) is 13.1 Å². The van der Waals surface area contributed by atoms with Crippen LogP contribution >= 0.6 is 0 Å². The molecule has 0 aliphatic heterocycles. The molecule has 0 fully saturated rings. The highest BCUT2D eigenvalue weighted by Crippen LogP contribution is 2.08. The number of benzene rings is 1. The van der Waals surface area contributed by atoms with Gasteiger partial charge >= 0.3 is 7.12 Å². The highest BCUT2D eigenvalue weighted by atomic mass is 32.2. The summed E-state index contributed by atoms with van der Waals surface area (Å²) in [5, 5.41) is 33.6. The van der Waals surface area contributed by atoms with Gasteiger partial charge in [-0.1, -0.05) is 50.3 Å². The van der Waals surface area contributed by atoms with E-state index < -0.39 is 40.9 Å². The molecular weight excluding hydrogens is 459 g/mol. The maximum Gasteiger partial charge on any atom is 0.475 e. The summed E-state index contributed by atoms with van der Waals surface area (Å²) in [6, 6.07) is 9.65. The molecule has 1 aromatic carbocycles. The van der Waals surface area contributed by atoms with Crippen molar-refractivity contribution < 1.29 is 28.1 Å². The van der Waals surface area contributed by atoms with Gasteiger partial charge < -0.3 is 20.7 Å². The van der Waals surface area contributed by atoms with Crippen LogP contribution in [-0.2, 0) is 26.0 Å². The van der Waals surface area contributed by atoms with Crippen molar-refractivity contribution in [2.75, 3.05) is 12.8 Å². The quantitative estimate of drug-likeness (QED) is 0.106. The van der Waals surface area contributed by atoms with Gasteiger partial charge in [0.1, 0.15) is 17.7 Å². The maximum absolute atomic E-state index is 12.8. The van der Waals surface area contributed by atoms with E-state index in [2.05, 4.69) is 15.4 Å². The van der Waals surface area contributed by atoms with Crippen molar-refractivity contribution in [1.29, 1.82) is 5.26 Å². The van der Waals surface area contributed by atoms with Crippen molar-refractivity contribution in [2.45, 2.75) is 51.5 Å². The Morgan fingerprint density at radius 3 is 2.35 bits per heavy atom. The minimum atomic E-state index is -3.71. The van der Waals surface area contributed by atoms with Gasteiger partial charge in [0, 0.05) is 6.54 Å². The third kappa shape index (κ3) is 11.9. The second-order valence-electron chi connectivity index (χ2n) is 8.35. The molecule has 1 unspecified atom stereocenters. The smallest absolute Gasteiger partial charge is 0.426 e. The van der Waals surface area contributed by atoms with Gasteiger partial charge in [0.15, 0.2) is 0 Å². The number of allylic oxidation sites excluding steroid dienone is 1. The Balaban J connectivity index is 2.69. The van der Waals surface area contributed by atoms with Crippen LogP contribution in [-0.4, -0.2) is 62.2 Å². The van der Waals surface area contributed by atoms with Crippen molar-refractivity contribution >= 4 is 29.0 Å². The molecule has 34 heavy (non-hydrogen) atoms. The zero-order valence-electron chi connectivity index (χ0n) is 19.7. The van der Waals surface area contributed by atoms with Gasteiger partial charge in [0.2, 0.25) is 15.9 Å². The first-order chi connectivity index (χ1) is 15.9. The molecule has 0 heterocycles. The Morgan fingerprint density at radius 2 is 1.82 bits per heavy atom. The minimum Gasteiger partial charge on any atom is -0.426 e. The molecule has 186 valence electrons. The van der Waals surface area contributed by atoms with Crippen LogP contribution in [0.5, 0.6) is 0 Å². The summed E-state index contributed by atoms with van der Waals surface area (Å²) in [5.41, 5.74) is 0.797. The number of nitrogens with zero attached hydrogens (tertiary/aromatic N) is 1. The van der Waals surface area contributed by atoms with Gasteiger partial charge in [0.25, 0.3) is 5.91 Å². The summed E-state index contributed by atoms with van der Waals surface area (Å²) in [5.74, 6) is -2.16. The molecular formula is C22H33BN4O6S. The van der Waals surface area contributed by atoms with Crippen LogP contribution in [0.25, 0.3) is 0 Å². The first-order valence-electron chi connectivity index (χ1n) is 11.0. The number of hydrogen-bond donors (Lipinski definition) is 5. The highest BCUT2D eigenvalue weighted by Gasteiger charge is 2.29. The number of amides is 2. The molecule has 0 spiro atoms. The Morgan fingerprint density at radius 1 is 1.18 bits per heavy atom. The normalized spacial score (nSPS) is 13.6. The summed E-state index contributed by atoms with van der Waals surface area (Å²) in [6.45, 7) is 3.95. The Kier molecular flexibility index (Phi) is 12.5. The van der Waals surface area contributed by atoms with E-state index in [4.69, 9.17) is 5.26 Å². The number of sulfonamides is 1. The van der Waals surface area contributed by atoms with E-state index >= 15 is 0 Å². The number of carbonyl (C=O) groups is 2. The molecule has 0 aliphatic rings. The topological polar surface area (TPSA) is 169 Å². The zero-order valence-corrected chi connectivity index (χ0v) is 20.5. The lowest BCUT2D eigenvalue weighted by Crippen LogP contribution is -2.54. The van der Waals surface area contributed by atoms with Crippen molar-refractivity contribution in [3.8, 4) is 6.07 Å². The lowest BCUT2D eigenvalue weighted by atomic mass is 9.75. The molecule has 2 atom stereocenters. The number of unbranched alkanes of at least 4 members (excludes halogenated alkanes) is 1. The number of nitrogens with one attached hydrogen (secondary N) is 3. The predicted octanol–water partition coefficient (Wildman–Crippen LogP) is 0.0362. The fraction of sp³-hybridized carbons (Fsp3) is 0.500. The average molecular weight is 492 g/mol. The van der Waals surface area contributed by atoms with E-state index in [1.165, 1.54) is 0 Å². The van der Waals surface area contributed by atoms with Gasteiger partial charge in [-0.2, -0.15) is 5.26 Å². The zero-order chi connectivity index (χ0) is 25.7. The predicted molar refractivity (Wildman–Crippen MR) is 129 cm³/mol. The summed E-state index contributed by atoms with van der Waals surface area (Å²) >= 11 is 0. The van der Waals surface area contributed by atoms with E-state index in [0.717, 1.165) is 11.8 Å². The molecule has 12 heteroatoms. The van der Waals surface area contributed by atoms with Gasteiger partial charge in [0.05, 0.1) is 12.2 Å². The molecule has 0 saturated heterocycles. The van der Waals surface area contributed by atoms with E-state index in [0.29, 0.717) is 12.8 Å². The van der Waals surface area contributed by atoms with Crippen molar-refractivity contribution in [2.24, 2.45) is 5.92 Å². The summed E-state index contributed by atoms with van der Waals surface area (Å²) in [6.07, 6.45) is 3.60. The summed E-state index contributed by atoms with van der Waals surface area (Å²) < 4.78 is 25.8. The lowest BCUT2D eigenvalue weighted by Gasteiger charge is -2.22. The second-order valence-corrected chi connectivity index (χ2v) is 10.1. The van der Waals surface area contributed by atoms with E-state index in [1.54, 1.807) is 30.3 Å². The molecule has 1 rings (SSSR count). The number of carbonyl (C=O) groups excluding carboxylic acids is 2. The molecule has 2 amide bonds. The van der Waals surface area contributed by atoms with Crippen LogP contribution in [0.15, 0.2) is 42.0 Å². The summed E-state index contributed by atoms with van der Waals surface area (Å²) in [4.78, 5) is 24.8. The Hall–Kier alpha value is -2.72. The second kappa shape index (κ2) is 14.5. The van der Waals surface area contributed by atoms with E-state index in [1.807, 2.05) is 26.0 Å². The van der Waals surface area contributed by atoms with Gasteiger partial charge in [-0.15, -0.1) is 0 Å². The van der Waals surface area contributed by atoms with Crippen molar-refractivity contribution in [3.63, 3.8) is 0 Å². The van der Waals surface area contributed by atoms with E-state index in [-0.39, 0.29) is 30.9 Å². The highest BCUT2D eigenvalue weighted by molar-refractivity contribution is 7.88. The van der Waals surface area contributed by atoms with E-state index in [9.17, 15) is 28.1 Å². The molecule has 0 saturated carbocycles. The third-order valence-electron chi connectivity index (χ3n) is 4.73. The Bertz CT molecular complexity index is 977. The van der Waals surface area contributed by atoms with Crippen LogP contribution < -0.4 is 15.4 Å². The van der Waals surface area contributed by atoms with Gasteiger partial charge in [-0.3, -0.25) is 9.59 Å². The number of nitriles is 1. The maximum atomic E-state index is 12.8. The van der Waals surface area contributed by atoms with Crippen LogP contribution in [0.4, 0.5) is 0 Å². The fourth-order valence-corrected chi connectivity index (χ4v) is 3.89. The van der Waals surface area contributed by atoms with Crippen molar-refractivity contribution in [3.05, 3.63) is 47.5 Å².